The Morgan fingerprint density at radius 1 is 1.16 bits per heavy atom. The van der Waals surface area contributed by atoms with Crippen LogP contribution in [-0.2, 0) is 28.6 Å². The highest BCUT2D eigenvalue weighted by atomic mass is 16.6. The molecule has 4 fully saturated rings. The number of ether oxygens (including phenoxy) is 3. The SMILES string of the molecule is CCC(C)(CC)C(=O)OCC(=O)OC1C2CC3CC(C2)C(=O)OC1C3. The molecule has 2 aliphatic carbocycles. The Morgan fingerprint density at radius 3 is 2.56 bits per heavy atom. The van der Waals surface area contributed by atoms with Gasteiger partial charge in [-0.2, -0.15) is 0 Å². The van der Waals surface area contributed by atoms with Crippen molar-refractivity contribution in [2.24, 2.45) is 23.2 Å². The summed E-state index contributed by atoms with van der Waals surface area (Å²) in [6, 6.07) is 0. The highest BCUT2D eigenvalue weighted by Crippen LogP contribution is 2.48. The first-order chi connectivity index (χ1) is 11.9. The van der Waals surface area contributed by atoms with Crippen molar-refractivity contribution in [3.8, 4) is 0 Å². The average Bonchev–Trinajstić information content (AvgIpc) is 2.76. The Balaban J connectivity index is 1.56. The van der Waals surface area contributed by atoms with Gasteiger partial charge in [0.1, 0.15) is 12.2 Å². The third-order valence-corrected chi connectivity index (χ3v) is 6.48. The van der Waals surface area contributed by atoms with Gasteiger partial charge in [0.05, 0.1) is 11.3 Å². The molecule has 0 aromatic carbocycles. The van der Waals surface area contributed by atoms with Crippen molar-refractivity contribution in [1.82, 2.24) is 0 Å². The van der Waals surface area contributed by atoms with Crippen molar-refractivity contribution >= 4 is 17.9 Å². The fraction of sp³-hybridized carbons (Fsp3) is 0.842. The summed E-state index contributed by atoms with van der Waals surface area (Å²) in [5.74, 6) is -0.471. The summed E-state index contributed by atoms with van der Waals surface area (Å²) in [6.07, 6.45) is 3.93. The van der Waals surface area contributed by atoms with Crippen LogP contribution in [0, 0.1) is 23.2 Å². The summed E-state index contributed by atoms with van der Waals surface area (Å²) in [7, 11) is 0. The van der Waals surface area contributed by atoms with Gasteiger partial charge in [-0.05, 0) is 51.4 Å². The van der Waals surface area contributed by atoms with Crippen LogP contribution in [0.25, 0.3) is 0 Å². The minimum atomic E-state index is -0.573. The average molecular weight is 352 g/mol. The fourth-order valence-corrected chi connectivity index (χ4v) is 4.46. The number of carbonyl (C=O) groups excluding carboxylic acids is 3. The molecule has 4 aliphatic rings. The maximum Gasteiger partial charge on any atom is 0.344 e. The predicted molar refractivity (Wildman–Crippen MR) is 88.3 cm³/mol. The normalized spacial score (nSPS) is 33.6. The van der Waals surface area contributed by atoms with E-state index < -0.39 is 17.5 Å². The van der Waals surface area contributed by atoms with Crippen LogP contribution < -0.4 is 0 Å². The van der Waals surface area contributed by atoms with Crippen LogP contribution in [0.1, 0.15) is 59.3 Å². The van der Waals surface area contributed by atoms with Gasteiger partial charge in [0, 0.05) is 5.92 Å². The van der Waals surface area contributed by atoms with Crippen molar-refractivity contribution in [3.05, 3.63) is 0 Å². The molecule has 5 atom stereocenters. The van der Waals surface area contributed by atoms with E-state index in [0.29, 0.717) is 18.8 Å². The smallest absolute Gasteiger partial charge is 0.344 e. The molecule has 2 saturated heterocycles. The summed E-state index contributed by atoms with van der Waals surface area (Å²) in [4.78, 5) is 36.4. The van der Waals surface area contributed by atoms with Gasteiger partial charge < -0.3 is 14.2 Å². The molecule has 4 rings (SSSR count). The maximum absolute atomic E-state index is 12.2. The van der Waals surface area contributed by atoms with Crippen LogP contribution in [0.4, 0.5) is 0 Å². The molecule has 2 heterocycles. The molecule has 6 nitrogen and oxygen atoms in total. The molecule has 0 aromatic heterocycles. The predicted octanol–water partition coefficient (Wildman–Crippen LogP) is 2.63. The lowest BCUT2D eigenvalue weighted by atomic mass is 9.67. The van der Waals surface area contributed by atoms with Crippen molar-refractivity contribution in [2.75, 3.05) is 6.61 Å². The van der Waals surface area contributed by atoms with Crippen molar-refractivity contribution in [2.45, 2.75) is 71.5 Å². The summed E-state index contributed by atoms with van der Waals surface area (Å²) < 4.78 is 16.3. The van der Waals surface area contributed by atoms with E-state index in [4.69, 9.17) is 14.2 Å². The highest BCUT2D eigenvalue weighted by molar-refractivity contribution is 5.80. The minimum absolute atomic E-state index is 0.0508. The molecular formula is C19H28O6. The van der Waals surface area contributed by atoms with Gasteiger partial charge in [-0.3, -0.25) is 9.59 Å². The molecule has 0 radical (unpaired) electrons. The van der Waals surface area contributed by atoms with Crippen molar-refractivity contribution in [3.63, 3.8) is 0 Å². The Hall–Kier alpha value is -1.59. The van der Waals surface area contributed by atoms with E-state index >= 15 is 0 Å². The molecule has 0 spiro atoms. The molecule has 0 amide bonds. The zero-order chi connectivity index (χ0) is 18.2. The molecule has 140 valence electrons. The van der Waals surface area contributed by atoms with Crippen LogP contribution in [-0.4, -0.2) is 36.7 Å². The summed E-state index contributed by atoms with van der Waals surface area (Å²) in [5, 5.41) is 0. The monoisotopic (exact) mass is 352 g/mol. The molecule has 2 saturated carbocycles. The Labute approximate surface area is 148 Å². The van der Waals surface area contributed by atoms with Gasteiger partial charge in [0.25, 0.3) is 0 Å². The van der Waals surface area contributed by atoms with Crippen LogP contribution >= 0.6 is 0 Å². The zero-order valence-electron chi connectivity index (χ0n) is 15.3. The zero-order valence-corrected chi connectivity index (χ0v) is 15.3. The van der Waals surface area contributed by atoms with E-state index in [9.17, 15) is 14.4 Å². The second-order valence-electron chi connectivity index (χ2n) is 8.04. The second-order valence-corrected chi connectivity index (χ2v) is 8.04. The number of hydrogen-bond donors (Lipinski definition) is 0. The maximum atomic E-state index is 12.2. The van der Waals surface area contributed by atoms with Gasteiger partial charge >= 0.3 is 17.9 Å². The Bertz CT molecular complexity index is 552. The van der Waals surface area contributed by atoms with Crippen LogP contribution in [0.2, 0.25) is 0 Å². The quantitative estimate of drug-likeness (QED) is 0.540. The first kappa shape index (κ1) is 18.2. The molecule has 0 N–H and O–H groups in total. The van der Waals surface area contributed by atoms with Crippen molar-refractivity contribution < 1.29 is 28.6 Å². The lowest BCUT2D eigenvalue weighted by molar-refractivity contribution is -0.180. The first-order valence-electron chi connectivity index (χ1n) is 9.43. The lowest BCUT2D eigenvalue weighted by Gasteiger charge is -2.41. The molecular weight excluding hydrogens is 324 g/mol. The van der Waals surface area contributed by atoms with Crippen LogP contribution in [0.5, 0.6) is 0 Å². The van der Waals surface area contributed by atoms with Gasteiger partial charge in [-0.1, -0.05) is 13.8 Å². The number of hydrogen-bond acceptors (Lipinski definition) is 6. The Kier molecular flexibility index (Phi) is 5.07. The van der Waals surface area contributed by atoms with Gasteiger partial charge in [0.15, 0.2) is 6.61 Å². The Morgan fingerprint density at radius 2 is 1.88 bits per heavy atom. The molecule has 25 heavy (non-hydrogen) atoms. The van der Waals surface area contributed by atoms with Gasteiger partial charge in [0.2, 0.25) is 0 Å². The largest absolute Gasteiger partial charge is 0.458 e. The number of fused-ring (bicyclic) bond motifs is 1. The number of esters is 3. The summed E-state index contributed by atoms with van der Waals surface area (Å²) in [5.41, 5.74) is -0.573. The van der Waals surface area contributed by atoms with E-state index in [1.165, 1.54) is 0 Å². The third kappa shape index (κ3) is 3.53. The summed E-state index contributed by atoms with van der Waals surface area (Å²) in [6.45, 7) is 5.30. The fourth-order valence-electron chi connectivity index (χ4n) is 4.46. The molecule has 4 bridgehead atoms. The van der Waals surface area contributed by atoms with E-state index in [0.717, 1.165) is 25.7 Å². The number of carbonyl (C=O) groups is 3. The summed E-state index contributed by atoms with van der Waals surface area (Å²) >= 11 is 0. The standard InChI is InChI=1S/C19H28O6/c1-4-19(3,5-2)18(22)23-10-15(20)25-16-12-6-11-7-13(9-12)17(21)24-14(16)8-11/h11-14,16H,4-10H2,1-3H3. The van der Waals surface area contributed by atoms with Gasteiger partial charge in [-0.25, -0.2) is 4.79 Å². The van der Waals surface area contributed by atoms with E-state index in [-0.39, 0.29) is 36.5 Å². The third-order valence-electron chi connectivity index (χ3n) is 6.48. The van der Waals surface area contributed by atoms with Crippen molar-refractivity contribution in [1.29, 1.82) is 0 Å². The van der Waals surface area contributed by atoms with E-state index in [2.05, 4.69) is 0 Å². The molecule has 5 unspecified atom stereocenters. The lowest BCUT2D eigenvalue weighted by Crippen LogP contribution is -2.46. The first-order valence-corrected chi connectivity index (χ1v) is 9.43. The number of rotatable bonds is 6. The second kappa shape index (κ2) is 6.96. The van der Waals surface area contributed by atoms with Crippen LogP contribution in [0.15, 0.2) is 0 Å². The highest BCUT2D eigenvalue weighted by Gasteiger charge is 2.51. The molecule has 6 heteroatoms. The minimum Gasteiger partial charge on any atom is -0.458 e. The molecule has 2 aliphatic heterocycles. The van der Waals surface area contributed by atoms with Gasteiger partial charge in [-0.15, -0.1) is 0 Å². The topological polar surface area (TPSA) is 78.9 Å². The molecule has 0 aromatic rings. The van der Waals surface area contributed by atoms with E-state index in [1.807, 2.05) is 20.8 Å². The van der Waals surface area contributed by atoms with E-state index in [1.54, 1.807) is 0 Å². The van der Waals surface area contributed by atoms with Crippen LogP contribution in [0.3, 0.4) is 0 Å².